The Bertz CT molecular complexity index is 438. The first kappa shape index (κ1) is 15.7. The minimum atomic E-state index is -5.36. The smallest absolute Gasteiger partial charge is 0.368 e. The predicted octanol–water partition coefficient (Wildman–Crippen LogP) is 0.169. The van der Waals surface area contributed by atoms with Gasteiger partial charge in [-0.2, -0.15) is 0 Å². The molecule has 0 atom stereocenters. The zero-order valence-corrected chi connectivity index (χ0v) is 11.2. The summed E-state index contributed by atoms with van der Waals surface area (Å²) in [5.41, 5.74) is 0.585. The van der Waals surface area contributed by atoms with Crippen LogP contribution >= 0.6 is 15.2 Å². The van der Waals surface area contributed by atoms with E-state index >= 15 is 0 Å². The maximum atomic E-state index is 11.1. The molecule has 0 fully saturated rings. The lowest BCUT2D eigenvalue weighted by Crippen LogP contribution is -2.28. The summed E-state index contributed by atoms with van der Waals surface area (Å²) < 4.78 is 22.1. The molecule has 0 aliphatic carbocycles. The first-order valence-electron chi connectivity index (χ1n) is 5.10. The maximum absolute atomic E-state index is 11.1. The number of aliphatic hydroxyl groups is 1. The van der Waals surface area contributed by atoms with Crippen LogP contribution in [0.15, 0.2) is 16.6 Å². The molecule has 0 spiro atoms. The molecule has 104 valence electrons. The van der Waals surface area contributed by atoms with Crippen LogP contribution in [0.4, 0.5) is 0 Å². The van der Waals surface area contributed by atoms with Gasteiger partial charge in [0, 0.05) is 19.2 Å². The van der Waals surface area contributed by atoms with Crippen LogP contribution in [0, 0.1) is 0 Å². The molecule has 0 radical (unpaired) electrons. The number of rotatable bonds is 5. The van der Waals surface area contributed by atoms with Gasteiger partial charge in [0.25, 0.3) is 5.08 Å². The van der Waals surface area contributed by atoms with Gasteiger partial charge in [0.05, 0.1) is 0 Å². The summed E-state index contributed by atoms with van der Waals surface area (Å²) in [6.07, 6.45) is 3.04. The minimum Gasteiger partial charge on any atom is -0.368 e. The summed E-state index contributed by atoms with van der Waals surface area (Å²) in [5, 5.41) is 6.28. The van der Waals surface area contributed by atoms with E-state index < -0.39 is 26.7 Å². The lowest BCUT2D eigenvalue weighted by atomic mass is 10.1. The largest absolute Gasteiger partial charge is 0.369 e. The lowest BCUT2D eigenvalue weighted by Gasteiger charge is -2.29. The molecule has 1 heterocycles. The van der Waals surface area contributed by atoms with Crippen LogP contribution in [0.1, 0.15) is 19.3 Å². The van der Waals surface area contributed by atoms with E-state index in [0.29, 0.717) is 18.5 Å². The quantitative estimate of drug-likeness (QED) is 0.454. The summed E-state index contributed by atoms with van der Waals surface area (Å²) in [4.78, 5) is 39.6. The number of hydrogen-bond acceptors (Lipinski definition) is 4. The fourth-order valence-corrected chi connectivity index (χ4v) is 3.66. The molecule has 0 unspecified atom stereocenters. The lowest BCUT2D eigenvalue weighted by molar-refractivity contribution is 0.123. The van der Waals surface area contributed by atoms with Gasteiger partial charge < -0.3 is 24.7 Å². The fraction of sp³-hybridized carbons (Fsp3) is 0.625. The standard InChI is InChI=1S/C8H15NO7P2/c10-8(17(11,12)13,18(14,15)16)4-3-7-2-1-5-9-6-7/h2,6,10H,1,3-5H2,(H2,11,12,13)(H2,14,15,16). The fourth-order valence-electron chi connectivity index (χ4n) is 1.50. The van der Waals surface area contributed by atoms with E-state index in [2.05, 4.69) is 4.99 Å². The third kappa shape index (κ3) is 3.36. The van der Waals surface area contributed by atoms with Crippen molar-refractivity contribution in [2.45, 2.75) is 24.3 Å². The van der Waals surface area contributed by atoms with Crippen molar-refractivity contribution in [3.63, 3.8) is 0 Å². The highest BCUT2D eigenvalue weighted by Gasteiger charge is 2.58. The van der Waals surface area contributed by atoms with Crippen molar-refractivity contribution in [2.75, 3.05) is 6.54 Å². The van der Waals surface area contributed by atoms with Gasteiger partial charge in [0.1, 0.15) is 0 Å². The Hall–Kier alpha value is -0.330. The normalized spacial score (nSPS) is 17.7. The molecule has 0 aromatic rings. The zero-order chi connectivity index (χ0) is 14.0. The number of dihydropyridines is 1. The second-order valence-electron chi connectivity index (χ2n) is 3.97. The number of nitrogens with zero attached hydrogens (tertiary/aromatic N) is 1. The van der Waals surface area contributed by atoms with E-state index in [1.807, 2.05) is 0 Å². The van der Waals surface area contributed by atoms with Crippen molar-refractivity contribution in [2.24, 2.45) is 4.99 Å². The highest BCUT2D eigenvalue weighted by atomic mass is 31.2. The van der Waals surface area contributed by atoms with Crippen LogP contribution in [0.2, 0.25) is 0 Å². The average Bonchev–Trinajstić information content (AvgIpc) is 2.24. The molecule has 18 heavy (non-hydrogen) atoms. The summed E-state index contributed by atoms with van der Waals surface area (Å²) in [6, 6.07) is 0. The van der Waals surface area contributed by atoms with Gasteiger partial charge in [0.2, 0.25) is 0 Å². The van der Waals surface area contributed by atoms with E-state index in [4.69, 9.17) is 19.6 Å². The maximum Gasteiger partial charge on any atom is 0.369 e. The Kier molecular flexibility index (Phi) is 4.67. The summed E-state index contributed by atoms with van der Waals surface area (Å²) in [5.74, 6) is 0. The van der Waals surface area contributed by atoms with Crippen LogP contribution in [-0.2, 0) is 9.13 Å². The van der Waals surface area contributed by atoms with Crippen LogP contribution in [0.3, 0.4) is 0 Å². The molecular weight excluding hydrogens is 284 g/mol. The predicted molar refractivity (Wildman–Crippen MR) is 64.3 cm³/mol. The van der Waals surface area contributed by atoms with Crippen molar-refractivity contribution >= 4 is 21.4 Å². The Balaban J connectivity index is 2.88. The van der Waals surface area contributed by atoms with Gasteiger partial charge in [-0.25, -0.2) is 0 Å². The van der Waals surface area contributed by atoms with E-state index in [-0.39, 0.29) is 6.42 Å². The third-order valence-electron chi connectivity index (χ3n) is 2.60. The topological polar surface area (TPSA) is 148 Å². The van der Waals surface area contributed by atoms with Gasteiger partial charge >= 0.3 is 15.2 Å². The molecule has 1 aliphatic rings. The summed E-state index contributed by atoms with van der Waals surface area (Å²) in [6.45, 7) is 0.602. The molecule has 0 amide bonds. The van der Waals surface area contributed by atoms with Crippen LogP contribution in [0.5, 0.6) is 0 Å². The molecule has 0 aromatic heterocycles. The Morgan fingerprint density at radius 2 is 1.78 bits per heavy atom. The molecule has 0 aromatic carbocycles. The van der Waals surface area contributed by atoms with Crippen molar-refractivity contribution in [1.82, 2.24) is 0 Å². The van der Waals surface area contributed by atoms with Gasteiger partial charge in [0.15, 0.2) is 0 Å². The van der Waals surface area contributed by atoms with Crippen LogP contribution in [-0.4, -0.2) is 42.5 Å². The molecule has 1 aliphatic heterocycles. The molecule has 0 bridgehead atoms. The highest BCUT2D eigenvalue weighted by Crippen LogP contribution is 2.69. The van der Waals surface area contributed by atoms with Gasteiger partial charge in [-0.15, -0.1) is 0 Å². The van der Waals surface area contributed by atoms with E-state index in [1.165, 1.54) is 6.21 Å². The first-order valence-corrected chi connectivity index (χ1v) is 8.33. The zero-order valence-electron chi connectivity index (χ0n) is 9.38. The van der Waals surface area contributed by atoms with E-state index in [1.54, 1.807) is 6.08 Å². The first-order chi connectivity index (χ1) is 8.08. The third-order valence-corrected chi connectivity index (χ3v) is 6.48. The van der Waals surface area contributed by atoms with E-state index in [0.717, 1.165) is 0 Å². The number of hydrogen-bond donors (Lipinski definition) is 5. The van der Waals surface area contributed by atoms with E-state index in [9.17, 15) is 14.2 Å². The molecule has 5 N–H and O–H groups in total. The number of aliphatic imine (C=N–C) groups is 1. The van der Waals surface area contributed by atoms with Gasteiger partial charge in [-0.1, -0.05) is 6.08 Å². The minimum absolute atomic E-state index is 0.0732. The summed E-state index contributed by atoms with van der Waals surface area (Å²) >= 11 is 0. The second kappa shape index (κ2) is 5.35. The molecule has 8 nitrogen and oxygen atoms in total. The van der Waals surface area contributed by atoms with Crippen LogP contribution in [0.25, 0.3) is 0 Å². The molecule has 0 saturated heterocycles. The van der Waals surface area contributed by atoms with Crippen molar-refractivity contribution in [1.29, 1.82) is 0 Å². The molecule has 10 heteroatoms. The van der Waals surface area contributed by atoms with Gasteiger partial charge in [-0.3, -0.25) is 14.1 Å². The summed E-state index contributed by atoms with van der Waals surface area (Å²) in [7, 11) is -10.7. The molecule has 1 rings (SSSR count). The highest BCUT2D eigenvalue weighted by molar-refractivity contribution is 7.72. The molecular formula is C8H15NO7P2. The Morgan fingerprint density at radius 3 is 2.17 bits per heavy atom. The van der Waals surface area contributed by atoms with Crippen molar-refractivity contribution < 1.29 is 33.8 Å². The monoisotopic (exact) mass is 299 g/mol. The number of allylic oxidation sites excluding steroid dienone is 1. The van der Waals surface area contributed by atoms with Crippen molar-refractivity contribution in [3.05, 3.63) is 11.6 Å². The Labute approximate surface area is 103 Å². The molecule has 0 saturated carbocycles. The van der Waals surface area contributed by atoms with Crippen LogP contribution < -0.4 is 0 Å². The SMILES string of the molecule is O=P(O)(O)C(O)(CCC1=CCCN=C1)P(=O)(O)O. The Morgan fingerprint density at radius 1 is 1.22 bits per heavy atom. The second-order valence-corrected chi connectivity index (χ2v) is 7.97. The van der Waals surface area contributed by atoms with Gasteiger partial charge in [-0.05, 0) is 18.4 Å². The van der Waals surface area contributed by atoms with Crippen molar-refractivity contribution in [3.8, 4) is 0 Å². The average molecular weight is 299 g/mol.